The summed E-state index contributed by atoms with van der Waals surface area (Å²) >= 11 is 1.40. The van der Waals surface area contributed by atoms with Crippen LogP contribution >= 0.6 is 11.8 Å². The summed E-state index contributed by atoms with van der Waals surface area (Å²) in [5.41, 5.74) is -0.501. The second-order valence-electron chi connectivity index (χ2n) is 4.45. The minimum absolute atomic E-state index is 0.286. The van der Waals surface area contributed by atoms with E-state index in [1.54, 1.807) is 12.1 Å². The number of ether oxygens (including phenoxy) is 1. The molecular weight excluding hydrogens is 301 g/mol. The fourth-order valence-electron chi connectivity index (χ4n) is 2.04. The molecule has 0 spiro atoms. The monoisotopic (exact) mass is 310 g/mol. The molecule has 3 rings (SSSR count). The number of rotatable bonds is 2. The van der Waals surface area contributed by atoms with Gasteiger partial charge in [0.1, 0.15) is 5.75 Å². The summed E-state index contributed by atoms with van der Waals surface area (Å²) in [6.45, 7) is 0. The van der Waals surface area contributed by atoms with Gasteiger partial charge < -0.3 is 4.74 Å². The van der Waals surface area contributed by atoms with Crippen LogP contribution in [0.3, 0.4) is 0 Å². The van der Waals surface area contributed by atoms with E-state index in [1.807, 2.05) is 12.1 Å². The van der Waals surface area contributed by atoms with Gasteiger partial charge in [0, 0.05) is 10.6 Å². The van der Waals surface area contributed by atoms with Crippen molar-refractivity contribution in [2.24, 2.45) is 0 Å². The van der Waals surface area contributed by atoms with Crippen LogP contribution in [-0.2, 0) is 0 Å². The smallest absolute Gasteiger partial charge is 0.207 e. The Hall–Kier alpha value is -1.95. The van der Waals surface area contributed by atoms with Crippen LogP contribution in [0.25, 0.3) is 0 Å². The molecule has 2 nitrogen and oxygen atoms in total. The first-order chi connectivity index (χ1) is 10.1. The van der Waals surface area contributed by atoms with Crippen LogP contribution < -0.4 is 4.74 Å². The SMILES string of the molecule is O=C(c1ccc(F)c(F)c1F)C1CSc2ccccc2O1. The Morgan fingerprint density at radius 2 is 1.86 bits per heavy atom. The van der Waals surface area contributed by atoms with Gasteiger partial charge in [-0.05, 0) is 24.3 Å². The lowest BCUT2D eigenvalue weighted by atomic mass is 10.1. The average molecular weight is 310 g/mol. The molecule has 6 heteroatoms. The van der Waals surface area contributed by atoms with Crippen molar-refractivity contribution in [2.45, 2.75) is 11.0 Å². The number of fused-ring (bicyclic) bond motifs is 1. The highest BCUT2D eigenvalue weighted by molar-refractivity contribution is 7.99. The van der Waals surface area contributed by atoms with Gasteiger partial charge >= 0.3 is 0 Å². The highest BCUT2D eigenvalue weighted by atomic mass is 32.2. The quantitative estimate of drug-likeness (QED) is 0.623. The van der Waals surface area contributed by atoms with Crippen LogP contribution in [0.2, 0.25) is 0 Å². The molecule has 2 aromatic rings. The number of thioether (sulfide) groups is 1. The van der Waals surface area contributed by atoms with E-state index in [-0.39, 0.29) is 5.75 Å². The number of benzene rings is 2. The molecule has 0 aromatic heterocycles. The van der Waals surface area contributed by atoms with Gasteiger partial charge in [0.25, 0.3) is 0 Å². The van der Waals surface area contributed by atoms with Gasteiger partial charge in [0.15, 0.2) is 23.6 Å². The maximum atomic E-state index is 13.7. The van der Waals surface area contributed by atoms with Crippen molar-refractivity contribution in [1.29, 1.82) is 0 Å². The van der Waals surface area contributed by atoms with Crippen LogP contribution in [0.15, 0.2) is 41.3 Å². The third kappa shape index (κ3) is 2.51. The molecule has 0 amide bonds. The molecule has 0 radical (unpaired) electrons. The lowest BCUT2D eigenvalue weighted by molar-refractivity contribution is 0.0809. The van der Waals surface area contributed by atoms with E-state index in [2.05, 4.69) is 0 Å². The molecule has 0 saturated heterocycles. The molecule has 0 saturated carbocycles. The Balaban J connectivity index is 1.89. The third-order valence-corrected chi connectivity index (χ3v) is 4.22. The Morgan fingerprint density at radius 3 is 2.67 bits per heavy atom. The normalized spacial score (nSPS) is 17.0. The van der Waals surface area contributed by atoms with E-state index in [4.69, 9.17) is 4.74 Å². The maximum Gasteiger partial charge on any atom is 0.207 e. The molecule has 1 aliphatic rings. The molecule has 2 aromatic carbocycles. The molecule has 1 heterocycles. The van der Waals surface area contributed by atoms with E-state index in [1.165, 1.54) is 11.8 Å². The van der Waals surface area contributed by atoms with Gasteiger partial charge in [-0.1, -0.05) is 12.1 Å². The average Bonchev–Trinajstić information content (AvgIpc) is 2.52. The number of carbonyl (C=O) groups excluding carboxylic acids is 1. The number of ketones is 1. The highest BCUT2D eigenvalue weighted by Gasteiger charge is 2.30. The van der Waals surface area contributed by atoms with Crippen molar-refractivity contribution < 1.29 is 22.7 Å². The van der Waals surface area contributed by atoms with E-state index >= 15 is 0 Å². The van der Waals surface area contributed by atoms with Gasteiger partial charge in [-0.2, -0.15) is 0 Å². The lowest BCUT2D eigenvalue weighted by Gasteiger charge is -2.24. The van der Waals surface area contributed by atoms with Crippen LogP contribution in [0.5, 0.6) is 5.75 Å². The number of hydrogen-bond acceptors (Lipinski definition) is 3. The lowest BCUT2D eigenvalue weighted by Crippen LogP contribution is -2.33. The number of halogens is 3. The molecule has 0 bridgehead atoms. The third-order valence-electron chi connectivity index (χ3n) is 3.10. The largest absolute Gasteiger partial charge is 0.480 e. The van der Waals surface area contributed by atoms with Crippen LogP contribution in [0, 0.1) is 17.5 Å². The Labute approximate surface area is 122 Å². The van der Waals surface area contributed by atoms with Crippen LogP contribution in [0.4, 0.5) is 13.2 Å². The van der Waals surface area contributed by atoms with Crippen molar-refractivity contribution in [1.82, 2.24) is 0 Å². The van der Waals surface area contributed by atoms with Crippen molar-refractivity contribution >= 4 is 17.5 Å². The fraction of sp³-hybridized carbons (Fsp3) is 0.133. The number of carbonyl (C=O) groups is 1. The summed E-state index contributed by atoms with van der Waals surface area (Å²) in [5.74, 6) is -4.34. The predicted molar refractivity (Wildman–Crippen MR) is 72.2 cm³/mol. The highest BCUT2D eigenvalue weighted by Crippen LogP contribution is 2.36. The molecule has 0 N–H and O–H groups in total. The predicted octanol–water partition coefficient (Wildman–Crippen LogP) is 3.84. The summed E-state index contributed by atoms with van der Waals surface area (Å²) in [4.78, 5) is 13.1. The fourth-order valence-corrected chi connectivity index (χ4v) is 3.02. The summed E-state index contributed by atoms with van der Waals surface area (Å²) in [7, 11) is 0. The maximum absolute atomic E-state index is 13.7. The van der Waals surface area contributed by atoms with Gasteiger partial charge in [0.05, 0.1) is 5.56 Å². The van der Waals surface area contributed by atoms with Crippen molar-refractivity contribution in [3.8, 4) is 5.75 Å². The zero-order valence-corrected chi connectivity index (χ0v) is 11.4. The summed E-state index contributed by atoms with van der Waals surface area (Å²) in [6, 6.07) is 8.80. The molecule has 0 fully saturated rings. The zero-order chi connectivity index (χ0) is 15.0. The molecule has 1 atom stereocenters. The number of Topliss-reactive ketones (excluding diaryl/α,β-unsaturated/α-hetero) is 1. The van der Waals surface area contributed by atoms with Crippen molar-refractivity contribution in [3.63, 3.8) is 0 Å². The Morgan fingerprint density at radius 1 is 1.10 bits per heavy atom. The van der Waals surface area contributed by atoms with E-state index in [9.17, 15) is 18.0 Å². The zero-order valence-electron chi connectivity index (χ0n) is 10.6. The van der Waals surface area contributed by atoms with E-state index < -0.39 is 34.9 Å². The molecule has 21 heavy (non-hydrogen) atoms. The summed E-state index contributed by atoms with van der Waals surface area (Å²) in [5, 5.41) is 0. The summed E-state index contributed by atoms with van der Waals surface area (Å²) in [6.07, 6.45) is -0.927. The van der Waals surface area contributed by atoms with Crippen LogP contribution in [0.1, 0.15) is 10.4 Å². The van der Waals surface area contributed by atoms with E-state index in [0.29, 0.717) is 5.75 Å². The number of hydrogen-bond donors (Lipinski definition) is 0. The second kappa shape index (κ2) is 5.44. The standard InChI is InChI=1S/C15H9F3O2S/c16-9-6-5-8(13(17)14(9)18)15(19)11-7-21-12-4-2-1-3-10(12)20-11/h1-6,11H,7H2. The minimum Gasteiger partial charge on any atom is -0.480 e. The Kier molecular flexibility index (Phi) is 3.63. The second-order valence-corrected chi connectivity index (χ2v) is 5.51. The minimum atomic E-state index is -1.65. The molecular formula is C15H9F3O2S. The molecule has 108 valence electrons. The number of para-hydroxylation sites is 1. The van der Waals surface area contributed by atoms with Crippen molar-refractivity contribution in [3.05, 3.63) is 59.4 Å². The molecule has 0 aliphatic carbocycles. The van der Waals surface area contributed by atoms with Gasteiger partial charge in [-0.15, -0.1) is 11.8 Å². The first-order valence-electron chi connectivity index (χ1n) is 6.14. The summed E-state index contributed by atoms with van der Waals surface area (Å²) < 4.78 is 45.3. The van der Waals surface area contributed by atoms with Crippen molar-refractivity contribution in [2.75, 3.05) is 5.75 Å². The Bertz CT molecular complexity index is 718. The first kappa shape index (κ1) is 14.0. The van der Waals surface area contributed by atoms with Crippen LogP contribution in [-0.4, -0.2) is 17.6 Å². The first-order valence-corrected chi connectivity index (χ1v) is 7.12. The van der Waals surface area contributed by atoms with Gasteiger partial charge in [0.2, 0.25) is 5.78 Å². The van der Waals surface area contributed by atoms with Gasteiger partial charge in [-0.3, -0.25) is 4.79 Å². The topological polar surface area (TPSA) is 26.3 Å². The van der Waals surface area contributed by atoms with E-state index in [0.717, 1.165) is 17.0 Å². The van der Waals surface area contributed by atoms with Gasteiger partial charge in [-0.25, -0.2) is 13.2 Å². The molecule has 1 aliphatic heterocycles. The molecule has 1 unspecified atom stereocenters.